The number of fused-ring (bicyclic) bond motifs is 1. The molecule has 0 atom stereocenters. The summed E-state index contributed by atoms with van der Waals surface area (Å²) in [5, 5.41) is 6.26. The molecular formula is C18H24N4O2. The Morgan fingerprint density at radius 2 is 2.08 bits per heavy atom. The predicted octanol–water partition coefficient (Wildman–Crippen LogP) is 2.20. The summed E-state index contributed by atoms with van der Waals surface area (Å²) in [5.41, 5.74) is 1.31. The average molecular weight is 328 g/mol. The molecule has 1 spiro atoms. The van der Waals surface area contributed by atoms with Gasteiger partial charge in [0.2, 0.25) is 0 Å². The number of piperidine rings is 1. The lowest BCUT2D eigenvalue weighted by Crippen LogP contribution is -2.62. The summed E-state index contributed by atoms with van der Waals surface area (Å²) in [6, 6.07) is 7.80. The zero-order valence-electron chi connectivity index (χ0n) is 14.0. The van der Waals surface area contributed by atoms with Crippen LogP contribution in [0.25, 0.3) is 0 Å². The van der Waals surface area contributed by atoms with Crippen LogP contribution in [0.15, 0.2) is 36.9 Å². The van der Waals surface area contributed by atoms with Gasteiger partial charge in [-0.25, -0.2) is 4.79 Å². The van der Waals surface area contributed by atoms with E-state index in [1.807, 2.05) is 36.1 Å². The first-order valence-corrected chi connectivity index (χ1v) is 8.44. The number of amides is 3. The van der Waals surface area contributed by atoms with Gasteiger partial charge < -0.3 is 20.4 Å². The van der Waals surface area contributed by atoms with Crippen LogP contribution in [-0.2, 0) is 4.79 Å². The molecule has 0 aromatic heterocycles. The highest BCUT2D eigenvalue weighted by Crippen LogP contribution is 2.39. The van der Waals surface area contributed by atoms with Crippen LogP contribution in [0.5, 0.6) is 0 Å². The van der Waals surface area contributed by atoms with Crippen molar-refractivity contribution in [1.29, 1.82) is 0 Å². The van der Waals surface area contributed by atoms with Crippen molar-refractivity contribution >= 4 is 23.3 Å². The Balaban J connectivity index is 1.77. The number of rotatable bonds is 3. The third kappa shape index (κ3) is 2.72. The Morgan fingerprint density at radius 3 is 2.75 bits per heavy atom. The van der Waals surface area contributed by atoms with Crippen LogP contribution < -0.4 is 15.5 Å². The van der Waals surface area contributed by atoms with E-state index in [1.54, 1.807) is 11.0 Å². The number of carbonyl (C=O) groups excluding carboxylic acids is 2. The lowest BCUT2D eigenvalue weighted by molar-refractivity contribution is -0.124. The molecule has 2 heterocycles. The van der Waals surface area contributed by atoms with Crippen LogP contribution in [-0.4, -0.2) is 48.6 Å². The average Bonchev–Trinajstić information content (AvgIpc) is 2.61. The van der Waals surface area contributed by atoms with E-state index in [2.05, 4.69) is 17.2 Å². The summed E-state index contributed by atoms with van der Waals surface area (Å²) in [4.78, 5) is 28.8. The number of urea groups is 1. The normalized spacial score (nSPS) is 18.8. The third-order valence-electron chi connectivity index (χ3n) is 4.84. The standard InChI is InChI=1S/C18H24N4O2/c1-3-11-19-17(24)21-12-9-18(10-13-21)16(23)22(4-2)15-8-6-5-7-14(15)20-18/h3,5-8,20H,1,4,9-13H2,2H3,(H,19,24). The fourth-order valence-electron chi connectivity index (χ4n) is 3.51. The van der Waals surface area contributed by atoms with Crippen LogP contribution >= 0.6 is 0 Å². The maximum atomic E-state index is 13.1. The summed E-state index contributed by atoms with van der Waals surface area (Å²) in [7, 11) is 0. The molecule has 3 amide bonds. The van der Waals surface area contributed by atoms with Crippen LogP contribution in [0.3, 0.4) is 0 Å². The summed E-state index contributed by atoms with van der Waals surface area (Å²) in [6.45, 7) is 7.80. The van der Waals surface area contributed by atoms with Gasteiger partial charge in [-0.2, -0.15) is 0 Å². The van der Waals surface area contributed by atoms with Crippen molar-refractivity contribution in [3.05, 3.63) is 36.9 Å². The van der Waals surface area contributed by atoms with Crippen molar-refractivity contribution < 1.29 is 9.59 Å². The highest BCUT2D eigenvalue weighted by molar-refractivity contribution is 6.08. The second-order valence-electron chi connectivity index (χ2n) is 6.24. The minimum absolute atomic E-state index is 0.0965. The minimum Gasteiger partial charge on any atom is -0.369 e. The van der Waals surface area contributed by atoms with Crippen LogP contribution in [0.2, 0.25) is 0 Å². The maximum Gasteiger partial charge on any atom is 0.317 e. The largest absolute Gasteiger partial charge is 0.369 e. The molecular weight excluding hydrogens is 304 g/mol. The van der Waals surface area contributed by atoms with Crippen LogP contribution in [0.4, 0.5) is 16.2 Å². The molecule has 0 unspecified atom stereocenters. The number of hydrogen-bond acceptors (Lipinski definition) is 3. The molecule has 0 bridgehead atoms. The molecule has 6 heteroatoms. The monoisotopic (exact) mass is 328 g/mol. The first kappa shape index (κ1) is 16.4. The second-order valence-corrected chi connectivity index (χ2v) is 6.24. The first-order chi connectivity index (χ1) is 11.6. The van der Waals surface area contributed by atoms with Crippen molar-refractivity contribution in [2.45, 2.75) is 25.3 Å². The molecule has 1 aromatic rings. The number of nitrogens with one attached hydrogen (secondary N) is 2. The van der Waals surface area contributed by atoms with E-state index in [4.69, 9.17) is 0 Å². The van der Waals surface area contributed by atoms with Crippen LogP contribution in [0, 0.1) is 0 Å². The van der Waals surface area contributed by atoms with Crippen molar-refractivity contribution in [3.8, 4) is 0 Å². The number of para-hydroxylation sites is 2. The molecule has 1 aromatic carbocycles. The summed E-state index contributed by atoms with van der Waals surface area (Å²) in [5.74, 6) is 0.106. The van der Waals surface area contributed by atoms with Crippen molar-refractivity contribution in [2.75, 3.05) is 36.4 Å². The van der Waals surface area contributed by atoms with Crippen molar-refractivity contribution in [1.82, 2.24) is 10.2 Å². The van der Waals surface area contributed by atoms with Gasteiger partial charge in [-0.05, 0) is 31.9 Å². The third-order valence-corrected chi connectivity index (χ3v) is 4.84. The molecule has 1 saturated heterocycles. The SMILES string of the molecule is C=CCNC(=O)N1CCC2(CC1)Nc1ccccc1N(CC)C2=O. The fraction of sp³-hybridized carbons (Fsp3) is 0.444. The fourth-order valence-corrected chi connectivity index (χ4v) is 3.51. The molecule has 0 saturated carbocycles. The summed E-state index contributed by atoms with van der Waals surface area (Å²) < 4.78 is 0. The molecule has 2 N–H and O–H groups in total. The number of anilines is 2. The van der Waals surface area contributed by atoms with Gasteiger partial charge in [0, 0.05) is 26.2 Å². The Bertz CT molecular complexity index is 650. The second kappa shape index (κ2) is 6.55. The van der Waals surface area contributed by atoms with Crippen molar-refractivity contribution in [2.24, 2.45) is 0 Å². The van der Waals surface area contributed by atoms with E-state index >= 15 is 0 Å². The number of benzene rings is 1. The summed E-state index contributed by atoms with van der Waals surface area (Å²) in [6.07, 6.45) is 2.88. The van der Waals surface area contributed by atoms with Gasteiger partial charge in [0.1, 0.15) is 5.54 Å². The Morgan fingerprint density at radius 1 is 1.38 bits per heavy atom. The molecule has 3 rings (SSSR count). The maximum absolute atomic E-state index is 13.1. The van der Waals surface area contributed by atoms with E-state index in [1.165, 1.54) is 0 Å². The lowest BCUT2D eigenvalue weighted by Gasteiger charge is -2.47. The van der Waals surface area contributed by atoms with E-state index in [0.29, 0.717) is 39.0 Å². The first-order valence-electron chi connectivity index (χ1n) is 8.44. The molecule has 2 aliphatic heterocycles. The zero-order valence-corrected chi connectivity index (χ0v) is 14.0. The smallest absolute Gasteiger partial charge is 0.317 e. The molecule has 6 nitrogen and oxygen atoms in total. The predicted molar refractivity (Wildman–Crippen MR) is 95.2 cm³/mol. The van der Waals surface area contributed by atoms with Gasteiger partial charge in [0.05, 0.1) is 11.4 Å². The molecule has 0 aliphatic carbocycles. The van der Waals surface area contributed by atoms with E-state index < -0.39 is 5.54 Å². The van der Waals surface area contributed by atoms with Gasteiger partial charge in [0.25, 0.3) is 5.91 Å². The molecule has 2 aliphatic rings. The van der Waals surface area contributed by atoms with E-state index in [9.17, 15) is 9.59 Å². The van der Waals surface area contributed by atoms with Gasteiger partial charge >= 0.3 is 6.03 Å². The number of likely N-dealkylation sites (tertiary alicyclic amines) is 1. The topological polar surface area (TPSA) is 64.7 Å². The van der Waals surface area contributed by atoms with Gasteiger partial charge in [-0.1, -0.05) is 18.2 Å². The Hall–Kier alpha value is -2.50. The molecule has 1 fully saturated rings. The van der Waals surface area contributed by atoms with E-state index in [-0.39, 0.29) is 11.9 Å². The van der Waals surface area contributed by atoms with Gasteiger partial charge in [-0.3, -0.25) is 4.79 Å². The van der Waals surface area contributed by atoms with Crippen LogP contribution in [0.1, 0.15) is 19.8 Å². The number of carbonyl (C=O) groups is 2. The quantitative estimate of drug-likeness (QED) is 0.836. The zero-order chi connectivity index (χ0) is 17.2. The number of hydrogen-bond donors (Lipinski definition) is 2. The summed E-state index contributed by atoms with van der Waals surface area (Å²) >= 11 is 0. The van der Waals surface area contributed by atoms with Gasteiger partial charge in [0.15, 0.2) is 0 Å². The molecule has 128 valence electrons. The van der Waals surface area contributed by atoms with Gasteiger partial charge in [-0.15, -0.1) is 6.58 Å². The number of nitrogens with zero attached hydrogens (tertiary/aromatic N) is 2. The van der Waals surface area contributed by atoms with E-state index in [0.717, 1.165) is 11.4 Å². The lowest BCUT2D eigenvalue weighted by atomic mass is 9.83. The Kier molecular flexibility index (Phi) is 4.46. The van der Waals surface area contributed by atoms with Crippen molar-refractivity contribution in [3.63, 3.8) is 0 Å². The molecule has 0 radical (unpaired) electrons. The number of likely N-dealkylation sites (N-methyl/N-ethyl adjacent to an activating group) is 1. The molecule has 24 heavy (non-hydrogen) atoms. The minimum atomic E-state index is -0.612. The highest BCUT2D eigenvalue weighted by atomic mass is 16.2. The Labute approximate surface area is 142 Å². The highest BCUT2D eigenvalue weighted by Gasteiger charge is 2.47.